The van der Waals surface area contributed by atoms with Crippen LogP contribution in [0.4, 0.5) is 5.69 Å². The lowest BCUT2D eigenvalue weighted by atomic mass is 9.83. The molecule has 0 amide bonds. The summed E-state index contributed by atoms with van der Waals surface area (Å²) in [6, 6.07) is 17.3. The van der Waals surface area contributed by atoms with Crippen molar-refractivity contribution in [3.8, 4) is 11.8 Å². The summed E-state index contributed by atoms with van der Waals surface area (Å²) in [5.41, 5.74) is 14.6. The lowest BCUT2D eigenvalue weighted by Gasteiger charge is -2.26. The zero-order valence-corrected chi connectivity index (χ0v) is 10.7. The Balaban J connectivity index is 2.23. The van der Waals surface area contributed by atoms with Gasteiger partial charge in [-0.2, -0.15) is 5.26 Å². The summed E-state index contributed by atoms with van der Waals surface area (Å²) in [5, 5.41) is 9.38. The van der Waals surface area contributed by atoms with E-state index in [1.165, 1.54) is 0 Å². The van der Waals surface area contributed by atoms with Crippen molar-refractivity contribution >= 4 is 5.69 Å². The van der Waals surface area contributed by atoms with Crippen LogP contribution in [0.5, 0.6) is 5.75 Å². The Hall–Kier alpha value is -2.93. The molecule has 4 heteroatoms. The molecule has 1 aliphatic rings. The summed E-state index contributed by atoms with van der Waals surface area (Å²) >= 11 is 0. The first kappa shape index (κ1) is 12.1. The Labute approximate surface area is 116 Å². The van der Waals surface area contributed by atoms with Gasteiger partial charge >= 0.3 is 0 Å². The van der Waals surface area contributed by atoms with Crippen molar-refractivity contribution in [2.24, 2.45) is 5.73 Å². The number of nitriles is 1. The van der Waals surface area contributed by atoms with E-state index >= 15 is 0 Å². The first-order valence-corrected chi connectivity index (χ1v) is 6.22. The number of rotatable bonds is 1. The predicted molar refractivity (Wildman–Crippen MR) is 76.6 cm³/mol. The third-order valence-corrected chi connectivity index (χ3v) is 3.38. The zero-order valence-electron chi connectivity index (χ0n) is 10.7. The van der Waals surface area contributed by atoms with Crippen LogP contribution in [0.25, 0.3) is 0 Å². The highest BCUT2D eigenvalue weighted by atomic mass is 16.5. The number of allylic oxidation sites excluding steroid dienone is 1. The summed E-state index contributed by atoms with van der Waals surface area (Å²) in [4.78, 5) is 0. The van der Waals surface area contributed by atoms with Crippen molar-refractivity contribution in [1.29, 1.82) is 5.26 Å². The van der Waals surface area contributed by atoms with Gasteiger partial charge in [-0.1, -0.05) is 36.4 Å². The number of hydrogen-bond donors (Lipinski definition) is 2. The first-order chi connectivity index (χ1) is 9.70. The number of fused-ring (bicyclic) bond motifs is 1. The van der Waals surface area contributed by atoms with E-state index in [1.54, 1.807) is 12.1 Å². The van der Waals surface area contributed by atoms with Crippen LogP contribution in [0.2, 0.25) is 0 Å². The van der Waals surface area contributed by atoms with Gasteiger partial charge in [0.25, 0.3) is 0 Å². The van der Waals surface area contributed by atoms with Crippen LogP contribution in [-0.4, -0.2) is 0 Å². The molecule has 3 rings (SSSR count). The van der Waals surface area contributed by atoms with Gasteiger partial charge in [-0.15, -0.1) is 0 Å². The summed E-state index contributed by atoms with van der Waals surface area (Å²) in [7, 11) is 0. The molecule has 0 radical (unpaired) electrons. The molecule has 20 heavy (non-hydrogen) atoms. The van der Waals surface area contributed by atoms with E-state index < -0.39 is 0 Å². The molecule has 98 valence electrons. The van der Waals surface area contributed by atoms with Crippen LogP contribution in [0.3, 0.4) is 0 Å². The maximum absolute atomic E-state index is 9.38. The van der Waals surface area contributed by atoms with Gasteiger partial charge in [0, 0.05) is 17.3 Å². The fraction of sp³-hybridized carbons (Fsp3) is 0.0625. The van der Waals surface area contributed by atoms with Gasteiger partial charge in [0.2, 0.25) is 5.88 Å². The molecule has 4 nitrogen and oxygen atoms in total. The average molecular weight is 263 g/mol. The van der Waals surface area contributed by atoms with E-state index in [0.29, 0.717) is 17.0 Å². The minimum Gasteiger partial charge on any atom is -0.440 e. The normalized spacial score (nSPS) is 17.1. The zero-order chi connectivity index (χ0) is 14.1. The van der Waals surface area contributed by atoms with E-state index in [-0.39, 0.29) is 11.8 Å². The molecular formula is C16H13N3O. The highest BCUT2D eigenvalue weighted by Gasteiger charge is 2.30. The van der Waals surface area contributed by atoms with Crippen LogP contribution in [0.15, 0.2) is 60.0 Å². The Morgan fingerprint density at radius 2 is 1.80 bits per heavy atom. The van der Waals surface area contributed by atoms with Gasteiger partial charge in [0.15, 0.2) is 0 Å². The number of ether oxygens (including phenoxy) is 1. The predicted octanol–water partition coefficient (Wildman–Crippen LogP) is 2.49. The minimum atomic E-state index is -0.217. The van der Waals surface area contributed by atoms with Crippen LogP contribution < -0.4 is 16.2 Å². The van der Waals surface area contributed by atoms with Crippen molar-refractivity contribution in [2.45, 2.75) is 5.92 Å². The van der Waals surface area contributed by atoms with Gasteiger partial charge in [-0.05, 0) is 11.6 Å². The molecule has 0 aliphatic carbocycles. The van der Waals surface area contributed by atoms with E-state index in [1.807, 2.05) is 36.4 Å². The van der Waals surface area contributed by atoms with E-state index in [2.05, 4.69) is 6.07 Å². The molecule has 1 heterocycles. The Morgan fingerprint density at radius 3 is 2.50 bits per heavy atom. The molecular weight excluding hydrogens is 250 g/mol. The van der Waals surface area contributed by atoms with Crippen LogP contribution >= 0.6 is 0 Å². The fourth-order valence-electron chi connectivity index (χ4n) is 2.46. The van der Waals surface area contributed by atoms with Crippen LogP contribution in [-0.2, 0) is 0 Å². The fourth-order valence-corrected chi connectivity index (χ4v) is 2.46. The van der Waals surface area contributed by atoms with Crippen molar-refractivity contribution in [1.82, 2.24) is 0 Å². The summed E-state index contributed by atoms with van der Waals surface area (Å²) in [6.07, 6.45) is 0. The maximum Gasteiger partial charge on any atom is 0.205 e. The van der Waals surface area contributed by atoms with Gasteiger partial charge in [0.05, 0.1) is 5.92 Å². The molecule has 2 aromatic rings. The second-order valence-electron chi connectivity index (χ2n) is 4.63. The highest BCUT2D eigenvalue weighted by molar-refractivity contribution is 5.59. The highest BCUT2D eigenvalue weighted by Crippen LogP contribution is 2.42. The molecule has 1 aliphatic heterocycles. The Bertz CT molecular complexity index is 729. The smallest absolute Gasteiger partial charge is 0.205 e. The minimum absolute atomic E-state index is 0.138. The van der Waals surface area contributed by atoms with Crippen LogP contribution in [0.1, 0.15) is 17.0 Å². The first-order valence-electron chi connectivity index (χ1n) is 6.22. The molecule has 0 bridgehead atoms. The number of nitrogens with two attached hydrogens (primary N) is 2. The summed E-state index contributed by atoms with van der Waals surface area (Å²) < 4.78 is 5.52. The second-order valence-corrected chi connectivity index (χ2v) is 4.63. The van der Waals surface area contributed by atoms with E-state index in [4.69, 9.17) is 16.2 Å². The molecule has 2 aromatic carbocycles. The molecule has 4 N–H and O–H groups in total. The molecule has 0 fully saturated rings. The topological polar surface area (TPSA) is 85.1 Å². The largest absolute Gasteiger partial charge is 0.440 e. The summed E-state index contributed by atoms with van der Waals surface area (Å²) in [6.45, 7) is 0. The number of nitrogen functional groups attached to an aromatic ring is 1. The third-order valence-electron chi connectivity index (χ3n) is 3.38. The standard InChI is InChI=1S/C16H13N3O/c17-9-13-15(10-4-2-1-3-5-10)12-7-6-11(18)8-14(12)20-16(13)19/h1-8,15H,18-19H2. The molecule has 0 saturated heterocycles. The molecule has 0 saturated carbocycles. The van der Waals surface area contributed by atoms with Gasteiger partial charge < -0.3 is 16.2 Å². The lowest BCUT2D eigenvalue weighted by Crippen LogP contribution is -2.21. The molecule has 1 unspecified atom stereocenters. The average Bonchev–Trinajstić information content (AvgIpc) is 2.46. The van der Waals surface area contributed by atoms with Crippen molar-refractivity contribution in [3.05, 3.63) is 71.1 Å². The quantitative estimate of drug-likeness (QED) is 0.774. The third kappa shape index (κ3) is 1.86. The van der Waals surface area contributed by atoms with Crippen molar-refractivity contribution in [3.63, 3.8) is 0 Å². The van der Waals surface area contributed by atoms with Gasteiger partial charge in [0.1, 0.15) is 17.4 Å². The Morgan fingerprint density at radius 1 is 1.05 bits per heavy atom. The second kappa shape index (κ2) is 4.63. The van der Waals surface area contributed by atoms with Gasteiger partial charge in [-0.25, -0.2) is 0 Å². The lowest BCUT2D eigenvalue weighted by molar-refractivity contribution is 0.394. The van der Waals surface area contributed by atoms with E-state index in [9.17, 15) is 5.26 Å². The number of nitrogens with zero attached hydrogens (tertiary/aromatic N) is 1. The number of anilines is 1. The van der Waals surface area contributed by atoms with Gasteiger partial charge in [-0.3, -0.25) is 0 Å². The number of benzene rings is 2. The number of hydrogen-bond acceptors (Lipinski definition) is 4. The SMILES string of the molecule is N#CC1=C(N)Oc2cc(N)ccc2C1c1ccccc1. The Kier molecular flexibility index (Phi) is 2.81. The van der Waals surface area contributed by atoms with Crippen molar-refractivity contribution < 1.29 is 4.74 Å². The molecule has 0 aromatic heterocycles. The monoisotopic (exact) mass is 263 g/mol. The van der Waals surface area contributed by atoms with Crippen LogP contribution in [0, 0.1) is 11.3 Å². The van der Waals surface area contributed by atoms with E-state index in [0.717, 1.165) is 11.1 Å². The molecule has 1 atom stereocenters. The molecule has 0 spiro atoms. The maximum atomic E-state index is 9.38. The summed E-state index contributed by atoms with van der Waals surface area (Å²) in [5.74, 6) is 0.528. The van der Waals surface area contributed by atoms with Crippen molar-refractivity contribution in [2.75, 3.05) is 5.73 Å².